The molecule has 0 aromatic heterocycles. The maximum Gasteiger partial charge on any atom is 0.175 e. The van der Waals surface area contributed by atoms with Crippen LogP contribution in [0.4, 0.5) is 0 Å². The molecule has 2 rings (SSSR count). The first-order valence-corrected chi connectivity index (χ1v) is 9.44. The lowest BCUT2D eigenvalue weighted by molar-refractivity contribution is 0.324. The summed E-state index contributed by atoms with van der Waals surface area (Å²) in [5.41, 5.74) is 2.30. The average Bonchev–Trinajstić information content (AvgIpc) is 2.69. The quantitative estimate of drug-likeness (QED) is 0.419. The van der Waals surface area contributed by atoms with Gasteiger partial charge in [-0.2, -0.15) is 0 Å². The number of ether oxygens (including phenoxy) is 4. The molecule has 0 radical (unpaired) electrons. The molecule has 2 aromatic carbocycles. The van der Waals surface area contributed by atoms with Crippen LogP contribution in [0.25, 0.3) is 0 Å². The Bertz CT molecular complexity index is 764. The van der Waals surface area contributed by atoms with E-state index < -0.39 is 0 Å². The van der Waals surface area contributed by atoms with Crippen molar-refractivity contribution in [3.63, 3.8) is 0 Å². The van der Waals surface area contributed by atoms with Crippen LogP contribution in [0.2, 0.25) is 0 Å². The van der Waals surface area contributed by atoms with Crippen molar-refractivity contribution in [1.82, 2.24) is 5.32 Å². The normalized spacial score (nSPS) is 10.4. The third-order valence-corrected chi connectivity index (χ3v) is 4.59. The molecule has 0 saturated heterocycles. The van der Waals surface area contributed by atoms with Gasteiger partial charge in [0.05, 0.1) is 25.8 Å². The maximum atomic E-state index is 5.65. The summed E-state index contributed by atoms with van der Waals surface area (Å²) in [6, 6.07) is 10.00. The van der Waals surface area contributed by atoms with Gasteiger partial charge >= 0.3 is 0 Å². The Hall–Kier alpha value is -2.18. The molecular formula is C21H26BrNO4. The van der Waals surface area contributed by atoms with Gasteiger partial charge in [-0.1, -0.05) is 18.7 Å². The van der Waals surface area contributed by atoms with Crippen molar-refractivity contribution in [2.45, 2.75) is 13.0 Å². The summed E-state index contributed by atoms with van der Waals surface area (Å²) < 4.78 is 22.6. The van der Waals surface area contributed by atoms with Crippen molar-refractivity contribution in [3.8, 4) is 23.0 Å². The highest BCUT2D eigenvalue weighted by atomic mass is 79.9. The molecule has 0 amide bonds. The Morgan fingerprint density at radius 2 is 1.67 bits per heavy atom. The van der Waals surface area contributed by atoms with Crippen molar-refractivity contribution in [3.05, 3.63) is 58.6 Å². The minimum atomic E-state index is 0.428. The van der Waals surface area contributed by atoms with Crippen LogP contribution in [-0.4, -0.2) is 34.5 Å². The van der Waals surface area contributed by atoms with Gasteiger partial charge < -0.3 is 24.3 Å². The zero-order chi connectivity index (χ0) is 19.6. The number of hydrogen-bond acceptors (Lipinski definition) is 5. The summed E-state index contributed by atoms with van der Waals surface area (Å²) in [6.07, 6.45) is 2.59. The molecule has 0 unspecified atom stereocenters. The summed E-state index contributed by atoms with van der Waals surface area (Å²) >= 11 is 3.55. The summed E-state index contributed by atoms with van der Waals surface area (Å²) in [5.74, 6) is 2.87. The second kappa shape index (κ2) is 10.8. The van der Waals surface area contributed by atoms with Gasteiger partial charge in [0.25, 0.3) is 0 Å². The highest BCUT2D eigenvalue weighted by Crippen LogP contribution is 2.36. The number of benzene rings is 2. The van der Waals surface area contributed by atoms with E-state index in [4.69, 9.17) is 18.9 Å². The summed E-state index contributed by atoms with van der Waals surface area (Å²) in [7, 11) is 4.92. The van der Waals surface area contributed by atoms with Crippen LogP contribution in [0.3, 0.4) is 0 Å². The van der Waals surface area contributed by atoms with Crippen LogP contribution in [0, 0.1) is 0 Å². The molecule has 146 valence electrons. The topological polar surface area (TPSA) is 49.0 Å². The van der Waals surface area contributed by atoms with Gasteiger partial charge in [0.1, 0.15) is 6.61 Å². The molecule has 5 nitrogen and oxygen atoms in total. The molecule has 0 saturated carbocycles. The molecule has 6 heteroatoms. The van der Waals surface area contributed by atoms with E-state index in [1.54, 1.807) is 27.4 Å². The van der Waals surface area contributed by atoms with Gasteiger partial charge in [-0.15, -0.1) is 0 Å². The molecule has 1 N–H and O–H groups in total. The molecule has 0 aliphatic heterocycles. The fourth-order valence-electron chi connectivity index (χ4n) is 2.66. The molecule has 0 aliphatic rings. The van der Waals surface area contributed by atoms with Crippen molar-refractivity contribution in [1.29, 1.82) is 0 Å². The number of halogens is 1. The highest BCUT2D eigenvalue weighted by molar-refractivity contribution is 9.10. The average molecular weight is 436 g/mol. The summed E-state index contributed by atoms with van der Waals surface area (Å²) in [5, 5.41) is 3.45. The largest absolute Gasteiger partial charge is 0.493 e. The fraction of sp³-hybridized carbons (Fsp3) is 0.333. The minimum absolute atomic E-state index is 0.428. The number of rotatable bonds is 11. The van der Waals surface area contributed by atoms with E-state index in [1.807, 2.05) is 30.3 Å². The molecule has 27 heavy (non-hydrogen) atoms. The van der Waals surface area contributed by atoms with E-state index in [1.165, 1.54) is 5.56 Å². The third-order valence-electron chi connectivity index (χ3n) is 4.00. The van der Waals surface area contributed by atoms with Crippen LogP contribution in [0.15, 0.2) is 47.5 Å². The van der Waals surface area contributed by atoms with Crippen LogP contribution in [0.1, 0.15) is 11.1 Å². The van der Waals surface area contributed by atoms with Crippen molar-refractivity contribution < 1.29 is 18.9 Å². The molecular weight excluding hydrogens is 410 g/mol. The molecule has 0 fully saturated rings. The second-order valence-corrected chi connectivity index (χ2v) is 6.68. The smallest absolute Gasteiger partial charge is 0.175 e. The van der Waals surface area contributed by atoms with Gasteiger partial charge in [-0.05, 0) is 64.3 Å². The lowest BCUT2D eigenvalue weighted by Crippen LogP contribution is -2.17. The van der Waals surface area contributed by atoms with Gasteiger partial charge in [0, 0.05) is 6.54 Å². The van der Waals surface area contributed by atoms with E-state index in [0.29, 0.717) is 18.1 Å². The molecule has 0 spiro atoms. The molecule has 0 bridgehead atoms. The van der Waals surface area contributed by atoms with E-state index in [0.717, 1.165) is 41.0 Å². The van der Waals surface area contributed by atoms with Gasteiger partial charge in [0.15, 0.2) is 23.0 Å². The third kappa shape index (κ3) is 5.91. The Balaban J connectivity index is 1.93. The van der Waals surface area contributed by atoms with Crippen molar-refractivity contribution in [2.24, 2.45) is 0 Å². The van der Waals surface area contributed by atoms with Crippen molar-refractivity contribution in [2.75, 3.05) is 34.5 Å². The second-order valence-electron chi connectivity index (χ2n) is 5.82. The number of nitrogens with one attached hydrogen (secondary N) is 1. The Morgan fingerprint density at radius 1 is 0.963 bits per heavy atom. The van der Waals surface area contributed by atoms with Gasteiger partial charge in [-0.25, -0.2) is 0 Å². The molecule has 0 heterocycles. The lowest BCUT2D eigenvalue weighted by atomic mass is 10.1. The standard InChI is InChI=1S/C21H26BrNO4/c1-5-10-27-21-17(22)11-16(13-20(21)26-4)14-23-9-8-15-6-7-18(24-2)19(12-15)25-3/h5-7,11-13,23H,1,8-10,14H2,2-4H3. The molecule has 0 atom stereocenters. The number of methoxy groups -OCH3 is 3. The lowest BCUT2D eigenvalue weighted by Gasteiger charge is -2.14. The molecule has 0 aliphatic carbocycles. The SMILES string of the molecule is C=CCOc1c(Br)cc(CNCCc2ccc(OC)c(OC)c2)cc1OC. The monoisotopic (exact) mass is 435 g/mol. The van der Waals surface area contributed by atoms with Crippen LogP contribution < -0.4 is 24.3 Å². The predicted molar refractivity (Wildman–Crippen MR) is 111 cm³/mol. The first-order valence-electron chi connectivity index (χ1n) is 8.64. The Morgan fingerprint density at radius 3 is 2.33 bits per heavy atom. The zero-order valence-corrected chi connectivity index (χ0v) is 17.6. The van der Waals surface area contributed by atoms with Crippen molar-refractivity contribution >= 4 is 15.9 Å². The summed E-state index contributed by atoms with van der Waals surface area (Å²) in [4.78, 5) is 0. The molecule has 2 aromatic rings. The van der Waals surface area contributed by atoms with E-state index >= 15 is 0 Å². The van der Waals surface area contributed by atoms with Crippen LogP contribution in [0.5, 0.6) is 23.0 Å². The predicted octanol–water partition coefficient (Wildman–Crippen LogP) is 4.37. The Kier molecular flexibility index (Phi) is 8.48. The van der Waals surface area contributed by atoms with Gasteiger partial charge in [0.2, 0.25) is 0 Å². The first-order chi connectivity index (χ1) is 13.1. The highest BCUT2D eigenvalue weighted by Gasteiger charge is 2.11. The first kappa shape index (κ1) is 21.1. The van der Waals surface area contributed by atoms with E-state index in [9.17, 15) is 0 Å². The fourth-order valence-corrected chi connectivity index (χ4v) is 3.26. The van der Waals surface area contributed by atoms with Gasteiger partial charge in [-0.3, -0.25) is 0 Å². The van der Waals surface area contributed by atoms with Crippen LogP contribution in [-0.2, 0) is 13.0 Å². The summed E-state index contributed by atoms with van der Waals surface area (Å²) in [6.45, 7) is 5.66. The van der Waals surface area contributed by atoms with E-state index in [-0.39, 0.29) is 0 Å². The Labute approximate surface area is 169 Å². The number of hydrogen-bond donors (Lipinski definition) is 1. The maximum absolute atomic E-state index is 5.65. The zero-order valence-electron chi connectivity index (χ0n) is 16.0. The van der Waals surface area contributed by atoms with E-state index in [2.05, 4.69) is 27.8 Å². The minimum Gasteiger partial charge on any atom is -0.493 e. The van der Waals surface area contributed by atoms with Crippen LogP contribution >= 0.6 is 15.9 Å².